The van der Waals surface area contributed by atoms with Crippen LogP contribution in [0.4, 0.5) is 0 Å². The second-order valence-electron chi connectivity index (χ2n) is 6.39. The molecule has 0 heterocycles. The van der Waals surface area contributed by atoms with E-state index in [-0.39, 0.29) is 18.6 Å². The summed E-state index contributed by atoms with van der Waals surface area (Å²) in [6.45, 7) is 0.463. The fraction of sp³-hybridized carbons (Fsp3) is 0.381. The topological polar surface area (TPSA) is 57.2 Å². The first-order valence-electron chi connectivity index (χ1n) is 8.92. The van der Waals surface area contributed by atoms with E-state index in [9.17, 15) is 4.79 Å². The Kier molecular flexibility index (Phi) is 6.06. The molecule has 144 valence electrons. The zero-order valence-electron chi connectivity index (χ0n) is 15.9. The van der Waals surface area contributed by atoms with Crippen LogP contribution in [0.2, 0.25) is 0 Å². The second-order valence-corrected chi connectivity index (χ2v) is 6.39. The monoisotopic (exact) mass is 371 g/mol. The van der Waals surface area contributed by atoms with E-state index in [1.165, 1.54) is 0 Å². The van der Waals surface area contributed by atoms with Gasteiger partial charge in [-0.15, -0.1) is 0 Å². The van der Waals surface area contributed by atoms with Crippen LogP contribution in [-0.4, -0.2) is 44.8 Å². The number of hydrogen-bond donors (Lipinski definition) is 0. The van der Waals surface area contributed by atoms with Crippen LogP contribution >= 0.6 is 0 Å². The minimum Gasteiger partial charge on any atom is -0.497 e. The standard InChI is InChI=1S/C21H25NO5/c1-24-17-6-8-18(9-7-17)27-14-21(23)22(16-4-5-16)13-15-12-19(25-2)10-11-20(15)26-3/h6-12,16H,4-5,13-14H2,1-3H3. The van der Waals surface area contributed by atoms with Crippen molar-refractivity contribution in [3.8, 4) is 23.0 Å². The molecule has 6 nitrogen and oxygen atoms in total. The maximum Gasteiger partial charge on any atom is 0.261 e. The van der Waals surface area contributed by atoms with Crippen LogP contribution in [0, 0.1) is 0 Å². The maximum atomic E-state index is 12.8. The summed E-state index contributed by atoms with van der Waals surface area (Å²) in [6, 6.07) is 13.1. The lowest BCUT2D eigenvalue weighted by Gasteiger charge is -2.24. The zero-order chi connectivity index (χ0) is 19.2. The molecule has 0 aliphatic heterocycles. The van der Waals surface area contributed by atoms with E-state index < -0.39 is 0 Å². The Morgan fingerprint density at radius 1 is 0.926 bits per heavy atom. The van der Waals surface area contributed by atoms with Gasteiger partial charge in [-0.3, -0.25) is 4.79 Å². The van der Waals surface area contributed by atoms with Crippen molar-refractivity contribution in [1.82, 2.24) is 4.90 Å². The van der Waals surface area contributed by atoms with Gasteiger partial charge in [0.15, 0.2) is 6.61 Å². The lowest BCUT2D eigenvalue weighted by Crippen LogP contribution is -2.36. The molecule has 0 radical (unpaired) electrons. The Bertz CT molecular complexity index is 771. The van der Waals surface area contributed by atoms with Crippen molar-refractivity contribution in [2.24, 2.45) is 0 Å². The third-order valence-electron chi connectivity index (χ3n) is 4.56. The molecule has 3 rings (SSSR count). The summed E-state index contributed by atoms with van der Waals surface area (Å²) >= 11 is 0. The molecule has 0 unspecified atom stereocenters. The van der Waals surface area contributed by atoms with Gasteiger partial charge in [0.1, 0.15) is 23.0 Å². The third kappa shape index (κ3) is 4.84. The van der Waals surface area contributed by atoms with Crippen molar-refractivity contribution >= 4 is 5.91 Å². The fourth-order valence-electron chi connectivity index (χ4n) is 2.90. The Morgan fingerprint density at radius 3 is 2.15 bits per heavy atom. The number of carbonyl (C=O) groups is 1. The molecule has 1 aliphatic carbocycles. The van der Waals surface area contributed by atoms with Gasteiger partial charge in [-0.25, -0.2) is 0 Å². The summed E-state index contributed by atoms with van der Waals surface area (Å²) in [4.78, 5) is 14.6. The van der Waals surface area contributed by atoms with Gasteiger partial charge in [0.2, 0.25) is 0 Å². The van der Waals surface area contributed by atoms with Crippen molar-refractivity contribution in [3.05, 3.63) is 48.0 Å². The molecular weight excluding hydrogens is 346 g/mol. The van der Waals surface area contributed by atoms with Crippen LogP contribution < -0.4 is 18.9 Å². The molecule has 1 amide bonds. The van der Waals surface area contributed by atoms with E-state index in [4.69, 9.17) is 18.9 Å². The summed E-state index contributed by atoms with van der Waals surface area (Å²) < 4.78 is 21.5. The molecule has 27 heavy (non-hydrogen) atoms. The fourth-order valence-corrected chi connectivity index (χ4v) is 2.90. The van der Waals surface area contributed by atoms with Crippen LogP contribution in [0.25, 0.3) is 0 Å². The smallest absolute Gasteiger partial charge is 0.261 e. The van der Waals surface area contributed by atoms with Crippen molar-refractivity contribution in [2.45, 2.75) is 25.4 Å². The SMILES string of the molecule is COc1ccc(OCC(=O)N(Cc2cc(OC)ccc2OC)C2CC2)cc1. The number of amides is 1. The van der Waals surface area contributed by atoms with E-state index in [2.05, 4.69) is 0 Å². The zero-order valence-corrected chi connectivity index (χ0v) is 15.9. The highest BCUT2D eigenvalue weighted by molar-refractivity contribution is 5.78. The number of carbonyl (C=O) groups excluding carboxylic acids is 1. The molecule has 0 spiro atoms. The lowest BCUT2D eigenvalue weighted by molar-refractivity contribution is -0.134. The number of methoxy groups -OCH3 is 3. The van der Waals surface area contributed by atoms with Gasteiger partial charge >= 0.3 is 0 Å². The first kappa shape index (κ1) is 18.9. The highest BCUT2D eigenvalue weighted by atomic mass is 16.5. The van der Waals surface area contributed by atoms with E-state index in [0.717, 1.165) is 35.7 Å². The number of nitrogens with zero attached hydrogens (tertiary/aromatic N) is 1. The number of hydrogen-bond acceptors (Lipinski definition) is 5. The average molecular weight is 371 g/mol. The number of benzene rings is 2. The highest BCUT2D eigenvalue weighted by Gasteiger charge is 2.33. The molecule has 0 saturated heterocycles. The van der Waals surface area contributed by atoms with Crippen molar-refractivity contribution < 1.29 is 23.7 Å². The van der Waals surface area contributed by atoms with Gasteiger partial charge in [-0.2, -0.15) is 0 Å². The summed E-state index contributed by atoms with van der Waals surface area (Å²) in [5, 5.41) is 0. The Hall–Kier alpha value is -2.89. The van der Waals surface area contributed by atoms with Crippen LogP contribution in [0.1, 0.15) is 18.4 Å². The predicted octanol–water partition coefficient (Wildman–Crippen LogP) is 3.28. The van der Waals surface area contributed by atoms with Crippen molar-refractivity contribution in [2.75, 3.05) is 27.9 Å². The predicted molar refractivity (Wildman–Crippen MR) is 102 cm³/mol. The summed E-state index contributed by atoms with van der Waals surface area (Å²) in [5.74, 6) is 2.82. The molecule has 2 aromatic rings. The normalized spacial score (nSPS) is 13.0. The van der Waals surface area contributed by atoms with Gasteiger partial charge in [0.25, 0.3) is 5.91 Å². The Morgan fingerprint density at radius 2 is 1.56 bits per heavy atom. The quantitative estimate of drug-likeness (QED) is 0.677. The summed E-state index contributed by atoms with van der Waals surface area (Å²) in [7, 11) is 4.86. The third-order valence-corrected chi connectivity index (χ3v) is 4.56. The van der Waals surface area contributed by atoms with Crippen LogP contribution in [-0.2, 0) is 11.3 Å². The maximum absolute atomic E-state index is 12.8. The molecule has 6 heteroatoms. The largest absolute Gasteiger partial charge is 0.497 e. The summed E-state index contributed by atoms with van der Waals surface area (Å²) in [6.07, 6.45) is 2.03. The minimum absolute atomic E-state index is 0.00485. The van der Waals surface area contributed by atoms with Gasteiger partial charge in [-0.05, 0) is 55.3 Å². The van der Waals surface area contributed by atoms with E-state index in [1.54, 1.807) is 45.6 Å². The molecule has 0 atom stereocenters. The van der Waals surface area contributed by atoms with Gasteiger partial charge < -0.3 is 23.8 Å². The van der Waals surface area contributed by atoms with Gasteiger partial charge in [0, 0.05) is 18.2 Å². The minimum atomic E-state index is -0.0433. The van der Waals surface area contributed by atoms with Crippen LogP contribution in [0.15, 0.2) is 42.5 Å². The average Bonchev–Trinajstić information content (AvgIpc) is 3.55. The van der Waals surface area contributed by atoms with Crippen LogP contribution in [0.3, 0.4) is 0 Å². The number of ether oxygens (including phenoxy) is 4. The van der Waals surface area contributed by atoms with Gasteiger partial charge in [-0.1, -0.05) is 0 Å². The van der Waals surface area contributed by atoms with Crippen LogP contribution in [0.5, 0.6) is 23.0 Å². The Labute approximate surface area is 159 Å². The first-order valence-corrected chi connectivity index (χ1v) is 8.92. The van der Waals surface area contributed by atoms with E-state index in [0.29, 0.717) is 12.3 Å². The Balaban J connectivity index is 1.67. The van der Waals surface area contributed by atoms with Crippen molar-refractivity contribution in [3.63, 3.8) is 0 Å². The molecule has 1 saturated carbocycles. The second kappa shape index (κ2) is 8.66. The molecular formula is C21H25NO5. The molecule has 1 aliphatic rings. The summed E-state index contributed by atoms with van der Waals surface area (Å²) in [5.41, 5.74) is 0.918. The molecule has 0 N–H and O–H groups in total. The lowest BCUT2D eigenvalue weighted by atomic mass is 10.1. The molecule has 2 aromatic carbocycles. The molecule has 0 aromatic heterocycles. The number of rotatable bonds is 9. The molecule has 1 fully saturated rings. The first-order chi connectivity index (χ1) is 13.1. The van der Waals surface area contributed by atoms with E-state index in [1.807, 2.05) is 23.1 Å². The molecule has 0 bridgehead atoms. The van der Waals surface area contributed by atoms with Crippen molar-refractivity contribution in [1.29, 1.82) is 0 Å². The highest BCUT2D eigenvalue weighted by Crippen LogP contribution is 2.32. The van der Waals surface area contributed by atoms with Gasteiger partial charge in [0.05, 0.1) is 21.3 Å². The van der Waals surface area contributed by atoms with E-state index >= 15 is 0 Å².